The Morgan fingerprint density at radius 1 is 0.913 bits per heavy atom. The first-order valence-corrected chi connectivity index (χ1v) is 8.38. The van der Waals surface area contributed by atoms with Gasteiger partial charge in [-0.1, -0.05) is 60.7 Å². The number of nitrogens with one attached hydrogen (secondary N) is 1. The van der Waals surface area contributed by atoms with Gasteiger partial charge in [0.05, 0.1) is 19.3 Å². The minimum atomic E-state index is -0.265. The lowest BCUT2D eigenvalue weighted by Crippen LogP contribution is -2.26. The van der Waals surface area contributed by atoms with Gasteiger partial charge in [0.15, 0.2) is 0 Å². The SMILES string of the molecule is O[C@H]1C[C@H](NCc2ccccc2)C[C@@H]1COCc1ccccc1. The first kappa shape index (κ1) is 16.2. The topological polar surface area (TPSA) is 41.5 Å². The fourth-order valence-corrected chi connectivity index (χ4v) is 3.21. The van der Waals surface area contributed by atoms with E-state index in [2.05, 4.69) is 41.7 Å². The highest BCUT2D eigenvalue weighted by Gasteiger charge is 2.32. The van der Waals surface area contributed by atoms with Crippen LogP contribution in [0.2, 0.25) is 0 Å². The number of aliphatic hydroxyl groups is 1. The van der Waals surface area contributed by atoms with Crippen LogP contribution >= 0.6 is 0 Å². The third kappa shape index (κ3) is 4.90. The molecule has 0 bridgehead atoms. The van der Waals surface area contributed by atoms with Gasteiger partial charge >= 0.3 is 0 Å². The molecule has 1 fully saturated rings. The zero-order valence-corrected chi connectivity index (χ0v) is 13.4. The fourth-order valence-electron chi connectivity index (χ4n) is 3.21. The summed E-state index contributed by atoms with van der Waals surface area (Å²) in [5.74, 6) is 0.229. The summed E-state index contributed by atoms with van der Waals surface area (Å²) in [6.45, 7) is 2.10. The summed E-state index contributed by atoms with van der Waals surface area (Å²) < 4.78 is 5.80. The van der Waals surface area contributed by atoms with E-state index >= 15 is 0 Å². The molecule has 3 atom stereocenters. The quantitative estimate of drug-likeness (QED) is 0.825. The molecular weight excluding hydrogens is 286 g/mol. The van der Waals surface area contributed by atoms with E-state index in [0.717, 1.165) is 19.4 Å². The first-order chi connectivity index (χ1) is 11.3. The molecule has 1 saturated carbocycles. The number of hydrogen-bond acceptors (Lipinski definition) is 3. The Kier molecular flexibility index (Phi) is 5.81. The van der Waals surface area contributed by atoms with Crippen molar-refractivity contribution in [3.63, 3.8) is 0 Å². The van der Waals surface area contributed by atoms with Gasteiger partial charge in [-0.2, -0.15) is 0 Å². The summed E-state index contributed by atoms with van der Waals surface area (Å²) >= 11 is 0. The maximum absolute atomic E-state index is 10.2. The highest BCUT2D eigenvalue weighted by Crippen LogP contribution is 2.27. The van der Waals surface area contributed by atoms with Gasteiger partial charge in [0.2, 0.25) is 0 Å². The van der Waals surface area contributed by atoms with Gasteiger partial charge in [0, 0.05) is 18.5 Å². The van der Waals surface area contributed by atoms with E-state index < -0.39 is 0 Å². The Morgan fingerprint density at radius 3 is 2.26 bits per heavy atom. The lowest BCUT2D eigenvalue weighted by atomic mass is 10.1. The molecule has 2 aromatic carbocycles. The van der Waals surface area contributed by atoms with Crippen LogP contribution in [0.3, 0.4) is 0 Å². The monoisotopic (exact) mass is 311 g/mol. The zero-order valence-electron chi connectivity index (χ0n) is 13.4. The second-order valence-electron chi connectivity index (χ2n) is 6.36. The van der Waals surface area contributed by atoms with Crippen LogP contribution in [0.4, 0.5) is 0 Å². The maximum atomic E-state index is 10.2. The summed E-state index contributed by atoms with van der Waals surface area (Å²) in [6.07, 6.45) is 1.52. The van der Waals surface area contributed by atoms with Crippen molar-refractivity contribution in [1.29, 1.82) is 0 Å². The van der Waals surface area contributed by atoms with Crippen molar-refractivity contribution in [2.24, 2.45) is 5.92 Å². The molecule has 0 heterocycles. The second kappa shape index (κ2) is 8.25. The molecule has 2 aromatic rings. The van der Waals surface area contributed by atoms with E-state index in [9.17, 15) is 5.11 Å². The summed E-state index contributed by atoms with van der Waals surface area (Å²) in [6, 6.07) is 20.9. The minimum absolute atomic E-state index is 0.229. The number of ether oxygens (including phenoxy) is 1. The molecule has 3 nitrogen and oxygen atoms in total. The molecule has 122 valence electrons. The van der Waals surface area contributed by atoms with Crippen LogP contribution in [0.1, 0.15) is 24.0 Å². The molecule has 0 spiro atoms. The van der Waals surface area contributed by atoms with Crippen molar-refractivity contribution in [2.45, 2.75) is 38.1 Å². The third-order valence-electron chi connectivity index (χ3n) is 4.54. The average Bonchev–Trinajstić information content (AvgIpc) is 2.95. The molecule has 2 N–H and O–H groups in total. The molecule has 0 unspecified atom stereocenters. The molecule has 3 rings (SSSR count). The van der Waals surface area contributed by atoms with Gasteiger partial charge in [0.1, 0.15) is 0 Å². The van der Waals surface area contributed by atoms with Gasteiger partial charge in [-0.3, -0.25) is 0 Å². The standard InChI is InChI=1S/C20H25NO2/c22-20-12-19(21-13-16-7-3-1-4-8-16)11-18(20)15-23-14-17-9-5-2-6-10-17/h1-10,18-22H,11-15H2/t18-,19-,20+/m1/s1. The number of hydrogen-bond donors (Lipinski definition) is 2. The van der Waals surface area contributed by atoms with Crippen molar-refractivity contribution in [2.75, 3.05) is 6.61 Å². The molecule has 3 heteroatoms. The van der Waals surface area contributed by atoms with Crippen molar-refractivity contribution >= 4 is 0 Å². The van der Waals surface area contributed by atoms with Crippen LogP contribution < -0.4 is 5.32 Å². The lowest BCUT2D eigenvalue weighted by Gasteiger charge is -2.14. The summed E-state index contributed by atoms with van der Waals surface area (Å²) in [7, 11) is 0. The highest BCUT2D eigenvalue weighted by atomic mass is 16.5. The molecular formula is C20H25NO2. The smallest absolute Gasteiger partial charge is 0.0717 e. The Hall–Kier alpha value is -1.68. The van der Waals surface area contributed by atoms with E-state index in [-0.39, 0.29) is 12.0 Å². The van der Waals surface area contributed by atoms with E-state index in [4.69, 9.17) is 4.74 Å². The van der Waals surface area contributed by atoms with Gasteiger partial charge in [-0.25, -0.2) is 0 Å². The second-order valence-corrected chi connectivity index (χ2v) is 6.36. The molecule has 0 aromatic heterocycles. The number of rotatable bonds is 7. The van der Waals surface area contributed by atoms with E-state index in [1.807, 2.05) is 24.3 Å². The van der Waals surface area contributed by atoms with Crippen molar-refractivity contribution in [3.8, 4) is 0 Å². The summed E-state index contributed by atoms with van der Waals surface area (Å²) in [4.78, 5) is 0. The number of aliphatic hydroxyl groups excluding tert-OH is 1. The third-order valence-corrected chi connectivity index (χ3v) is 4.54. The molecule has 1 aliphatic rings. The van der Waals surface area contributed by atoms with Gasteiger partial charge in [-0.05, 0) is 24.0 Å². The normalized spacial score (nSPS) is 24.0. The number of benzene rings is 2. The van der Waals surface area contributed by atoms with E-state index in [1.54, 1.807) is 0 Å². The summed E-state index contributed by atoms with van der Waals surface area (Å²) in [5.41, 5.74) is 2.46. The van der Waals surface area contributed by atoms with E-state index in [0.29, 0.717) is 19.3 Å². The van der Waals surface area contributed by atoms with Gasteiger partial charge in [0.25, 0.3) is 0 Å². The van der Waals surface area contributed by atoms with Crippen LogP contribution in [0, 0.1) is 5.92 Å². The predicted molar refractivity (Wildman–Crippen MR) is 91.9 cm³/mol. The molecule has 0 radical (unpaired) electrons. The van der Waals surface area contributed by atoms with E-state index in [1.165, 1.54) is 11.1 Å². The first-order valence-electron chi connectivity index (χ1n) is 8.38. The lowest BCUT2D eigenvalue weighted by molar-refractivity contribution is 0.0367. The molecule has 23 heavy (non-hydrogen) atoms. The van der Waals surface area contributed by atoms with Crippen LogP contribution in [0.15, 0.2) is 60.7 Å². The van der Waals surface area contributed by atoms with Crippen molar-refractivity contribution in [3.05, 3.63) is 71.8 Å². The Bertz CT molecular complexity index is 573. The Balaban J connectivity index is 1.40. The van der Waals surface area contributed by atoms with Gasteiger partial charge in [-0.15, -0.1) is 0 Å². The molecule has 1 aliphatic carbocycles. The van der Waals surface area contributed by atoms with Gasteiger partial charge < -0.3 is 15.2 Å². The summed E-state index contributed by atoms with van der Waals surface area (Å²) in [5, 5.41) is 13.8. The fraction of sp³-hybridized carbons (Fsp3) is 0.400. The van der Waals surface area contributed by atoms with Crippen molar-refractivity contribution in [1.82, 2.24) is 5.32 Å². The predicted octanol–water partition coefficient (Wildman–Crippen LogP) is 3.13. The van der Waals surface area contributed by atoms with Crippen molar-refractivity contribution < 1.29 is 9.84 Å². The van der Waals surface area contributed by atoms with Crippen LogP contribution in [-0.2, 0) is 17.9 Å². The van der Waals surface area contributed by atoms with Crippen LogP contribution in [0.25, 0.3) is 0 Å². The van der Waals surface area contributed by atoms with Crippen LogP contribution in [-0.4, -0.2) is 23.9 Å². The minimum Gasteiger partial charge on any atom is -0.393 e. The molecule has 0 amide bonds. The molecule has 0 saturated heterocycles. The largest absolute Gasteiger partial charge is 0.393 e. The van der Waals surface area contributed by atoms with Crippen LogP contribution in [0.5, 0.6) is 0 Å². The maximum Gasteiger partial charge on any atom is 0.0717 e. The average molecular weight is 311 g/mol. The highest BCUT2D eigenvalue weighted by molar-refractivity contribution is 5.15. The Morgan fingerprint density at radius 2 is 1.57 bits per heavy atom. The Labute approximate surface area is 138 Å². The molecule has 0 aliphatic heterocycles. The zero-order chi connectivity index (χ0) is 15.9.